The second-order valence-corrected chi connectivity index (χ2v) is 7.14. The quantitative estimate of drug-likeness (QED) is 0.812. The van der Waals surface area contributed by atoms with Gasteiger partial charge in [0.1, 0.15) is 11.6 Å². The SMILES string of the molecule is CC1CN(CC2CCN(c3ccc(OC(F)F)cn3)CC2)CC(C)O1. The van der Waals surface area contributed by atoms with Crippen LogP contribution in [0.25, 0.3) is 0 Å². The number of nitrogens with zero attached hydrogens (tertiary/aromatic N) is 3. The predicted octanol–water partition coefficient (Wildman–Crippen LogP) is 3.01. The smallest absolute Gasteiger partial charge is 0.387 e. The lowest BCUT2D eigenvalue weighted by Crippen LogP contribution is -2.48. The van der Waals surface area contributed by atoms with E-state index in [0.717, 1.165) is 51.4 Å². The summed E-state index contributed by atoms with van der Waals surface area (Å²) in [4.78, 5) is 8.99. The first kappa shape index (κ1) is 18.3. The maximum atomic E-state index is 12.2. The highest BCUT2D eigenvalue weighted by atomic mass is 19.3. The van der Waals surface area contributed by atoms with E-state index in [1.165, 1.54) is 6.20 Å². The van der Waals surface area contributed by atoms with Gasteiger partial charge in [-0.05, 0) is 44.7 Å². The number of hydrogen-bond acceptors (Lipinski definition) is 5. The molecule has 0 amide bonds. The number of rotatable bonds is 5. The molecule has 2 aliphatic rings. The van der Waals surface area contributed by atoms with E-state index >= 15 is 0 Å². The highest BCUT2D eigenvalue weighted by molar-refractivity contribution is 5.41. The summed E-state index contributed by atoms with van der Waals surface area (Å²) in [7, 11) is 0. The maximum absolute atomic E-state index is 12.2. The molecule has 0 radical (unpaired) electrons. The van der Waals surface area contributed by atoms with E-state index in [-0.39, 0.29) is 5.75 Å². The molecule has 0 N–H and O–H groups in total. The molecule has 2 fully saturated rings. The number of morpholine rings is 1. The van der Waals surface area contributed by atoms with Gasteiger partial charge in [-0.2, -0.15) is 8.78 Å². The van der Waals surface area contributed by atoms with Crippen LogP contribution in [0.15, 0.2) is 18.3 Å². The third-order valence-electron chi connectivity index (χ3n) is 4.90. The van der Waals surface area contributed by atoms with E-state index in [9.17, 15) is 8.78 Å². The molecular formula is C18H27F2N3O2. The van der Waals surface area contributed by atoms with E-state index < -0.39 is 6.61 Å². The summed E-state index contributed by atoms with van der Waals surface area (Å²) in [5.74, 6) is 1.62. The van der Waals surface area contributed by atoms with E-state index in [0.29, 0.717) is 18.1 Å². The number of ether oxygens (including phenoxy) is 2. The zero-order valence-electron chi connectivity index (χ0n) is 14.9. The number of halogens is 2. The molecule has 2 saturated heterocycles. The van der Waals surface area contributed by atoms with Gasteiger partial charge in [-0.1, -0.05) is 0 Å². The first-order chi connectivity index (χ1) is 12.0. The first-order valence-corrected chi connectivity index (χ1v) is 9.03. The van der Waals surface area contributed by atoms with Crippen LogP contribution in [0.3, 0.4) is 0 Å². The Hall–Kier alpha value is -1.47. The number of aromatic nitrogens is 1. The molecule has 1 aromatic rings. The van der Waals surface area contributed by atoms with E-state index in [1.807, 2.05) is 0 Å². The molecule has 3 rings (SSSR count). The summed E-state index contributed by atoms with van der Waals surface area (Å²) in [5, 5.41) is 0. The van der Waals surface area contributed by atoms with Crippen LogP contribution in [0.1, 0.15) is 26.7 Å². The van der Waals surface area contributed by atoms with Crippen LogP contribution in [0, 0.1) is 5.92 Å². The minimum absolute atomic E-state index is 0.101. The number of alkyl halides is 2. The Balaban J connectivity index is 1.47. The average molecular weight is 355 g/mol. The fourth-order valence-electron chi connectivity index (χ4n) is 3.88. The van der Waals surface area contributed by atoms with Crippen LogP contribution in [0.2, 0.25) is 0 Å². The molecule has 0 bridgehead atoms. The van der Waals surface area contributed by atoms with E-state index in [2.05, 4.69) is 33.4 Å². The number of piperidine rings is 1. The normalized spacial score (nSPS) is 26.2. The molecule has 7 heteroatoms. The molecule has 0 aliphatic carbocycles. The second-order valence-electron chi connectivity index (χ2n) is 7.14. The maximum Gasteiger partial charge on any atom is 0.387 e. The second kappa shape index (κ2) is 8.27. The van der Waals surface area contributed by atoms with Crippen molar-refractivity contribution in [3.05, 3.63) is 18.3 Å². The molecule has 1 aromatic heterocycles. The monoisotopic (exact) mass is 355 g/mol. The lowest BCUT2D eigenvalue weighted by molar-refractivity contribution is -0.0720. The van der Waals surface area contributed by atoms with Gasteiger partial charge in [0.25, 0.3) is 0 Å². The van der Waals surface area contributed by atoms with Gasteiger partial charge in [0, 0.05) is 32.7 Å². The largest absolute Gasteiger partial charge is 0.433 e. The third-order valence-corrected chi connectivity index (χ3v) is 4.90. The summed E-state index contributed by atoms with van der Waals surface area (Å²) < 4.78 is 34.5. The van der Waals surface area contributed by atoms with Crippen molar-refractivity contribution in [1.29, 1.82) is 0 Å². The van der Waals surface area contributed by atoms with Gasteiger partial charge in [-0.15, -0.1) is 0 Å². The molecular weight excluding hydrogens is 328 g/mol. The zero-order chi connectivity index (χ0) is 17.8. The van der Waals surface area contributed by atoms with Crippen LogP contribution in [-0.4, -0.2) is 61.4 Å². The molecule has 0 saturated carbocycles. The van der Waals surface area contributed by atoms with Crippen molar-refractivity contribution in [3.63, 3.8) is 0 Å². The molecule has 2 aliphatic heterocycles. The van der Waals surface area contributed by atoms with Crippen molar-refractivity contribution in [1.82, 2.24) is 9.88 Å². The van der Waals surface area contributed by atoms with Gasteiger partial charge in [0.15, 0.2) is 0 Å². The van der Waals surface area contributed by atoms with Crippen molar-refractivity contribution in [3.8, 4) is 5.75 Å². The van der Waals surface area contributed by atoms with Gasteiger partial charge >= 0.3 is 6.61 Å². The Morgan fingerprint density at radius 2 is 1.88 bits per heavy atom. The van der Waals surface area contributed by atoms with Crippen LogP contribution in [-0.2, 0) is 4.74 Å². The summed E-state index contributed by atoms with van der Waals surface area (Å²) in [6.45, 7) is 6.51. The van der Waals surface area contributed by atoms with Crippen molar-refractivity contribution >= 4 is 5.82 Å². The van der Waals surface area contributed by atoms with Gasteiger partial charge in [0.2, 0.25) is 0 Å². The van der Waals surface area contributed by atoms with E-state index in [1.54, 1.807) is 12.1 Å². The highest BCUT2D eigenvalue weighted by Crippen LogP contribution is 2.25. The fraction of sp³-hybridized carbons (Fsp3) is 0.722. The molecule has 0 aromatic carbocycles. The molecule has 2 unspecified atom stereocenters. The molecule has 2 atom stereocenters. The topological polar surface area (TPSA) is 37.8 Å². The Kier molecular flexibility index (Phi) is 6.06. The summed E-state index contributed by atoms with van der Waals surface area (Å²) in [6, 6.07) is 3.31. The van der Waals surface area contributed by atoms with Crippen molar-refractivity contribution in [2.75, 3.05) is 37.6 Å². The molecule has 25 heavy (non-hydrogen) atoms. The van der Waals surface area contributed by atoms with Gasteiger partial charge < -0.3 is 14.4 Å². The highest BCUT2D eigenvalue weighted by Gasteiger charge is 2.27. The van der Waals surface area contributed by atoms with Crippen molar-refractivity contribution in [2.45, 2.75) is 45.5 Å². The Morgan fingerprint density at radius 3 is 2.44 bits per heavy atom. The number of pyridine rings is 1. The van der Waals surface area contributed by atoms with Crippen LogP contribution in [0.5, 0.6) is 5.75 Å². The molecule has 3 heterocycles. The van der Waals surface area contributed by atoms with Crippen molar-refractivity contribution < 1.29 is 18.3 Å². The standard InChI is InChI=1S/C18H27F2N3O2/c1-13-10-22(11-14(2)24-13)12-15-5-7-23(8-6-15)17-4-3-16(9-21-17)25-18(19)20/h3-4,9,13-15,18H,5-8,10-12H2,1-2H3. The Morgan fingerprint density at radius 1 is 1.20 bits per heavy atom. The van der Waals surface area contributed by atoms with Crippen LogP contribution < -0.4 is 9.64 Å². The summed E-state index contributed by atoms with van der Waals surface area (Å²) in [6.07, 6.45) is 4.22. The lowest BCUT2D eigenvalue weighted by Gasteiger charge is -2.39. The summed E-state index contributed by atoms with van der Waals surface area (Å²) >= 11 is 0. The van der Waals surface area contributed by atoms with Crippen molar-refractivity contribution in [2.24, 2.45) is 5.92 Å². The lowest BCUT2D eigenvalue weighted by atomic mass is 9.95. The average Bonchev–Trinajstić information content (AvgIpc) is 2.55. The molecule has 5 nitrogen and oxygen atoms in total. The summed E-state index contributed by atoms with van der Waals surface area (Å²) in [5.41, 5.74) is 0. The van der Waals surface area contributed by atoms with Gasteiger partial charge in [-0.3, -0.25) is 4.90 Å². The minimum Gasteiger partial charge on any atom is -0.433 e. The first-order valence-electron chi connectivity index (χ1n) is 9.03. The minimum atomic E-state index is -2.81. The third kappa shape index (κ3) is 5.25. The Labute approximate surface area is 147 Å². The zero-order valence-corrected chi connectivity index (χ0v) is 14.9. The number of anilines is 1. The number of hydrogen-bond donors (Lipinski definition) is 0. The van der Waals surface area contributed by atoms with Gasteiger partial charge in [0.05, 0.1) is 18.4 Å². The van der Waals surface area contributed by atoms with Crippen LogP contribution >= 0.6 is 0 Å². The molecule has 0 spiro atoms. The van der Waals surface area contributed by atoms with Crippen LogP contribution in [0.4, 0.5) is 14.6 Å². The van der Waals surface area contributed by atoms with Gasteiger partial charge in [-0.25, -0.2) is 4.98 Å². The molecule has 140 valence electrons. The fourth-order valence-corrected chi connectivity index (χ4v) is 3.88. The van der Waals surface area contributed by atoms with E-state index in [4.69, 9.17) is 4.74 Å². The Bertz CT molecular complexity index is 526. The predicted molar refractivity (Wildman–Crippen MR) is 92.3 cm³/mol.